The molecule has 5 rings (SSSR count). The van der Waals surface area contributed by atoms with Gasteiger partial charge in [-0.05, 0) is 16.5 Å². The standard InChI is InChI=1S/C23H23NOP.C5H5.Fe/c1-17(2)21-16-25-23(24-21)20-14-9-15-22(20)26(18-10-5-3-6-11-18)19-12-7-4-8-13-19;1-2-4-5-3-1;/h3-15,17,21H,16H2,1-2H3;1-5H;/q2*-1;+2/t21-;;/m0../s1. The van der Waals surface area contributed by atoms with Gasteiger partial charge in [0.25, 0.3) is 0 Å². The van der Waals surface area contributed by atoms with Gasteiger partial charge in [-0.1, -0.05) is 93.3 Å². The third-order valence-corrected chi connectivity index (χ3v) is 7.79. The molecule has 0 radical (unpaired) electrons. The third-order valence-electron chi connectivity index (χ3n) is 5.29. The number of ether oxygens (including phenoxy) is 1. The maximum absolute atomic E-state index is 5.99. The normalized spacial score (nSPS) is 14.9. The van der Waals surface area contributed by atoms with E-state index in [1.54, 1.807) is 0 Å². The van der Waals surface area contributed by atoms with E-state index in [0.717, 1.165) is 11.5 Å². The molecule has 0 unspecified atom stereocenters. The second-order valence-electron chi connectivity index (χ2n) is 7.85. The Bertz CT molecular complexity index is 1010. The molecule has 1 atom stereocenters. The van der Waals surface area contributed by atoms with Crippen molar-refractivity contribution in [3.63, 3.8) is 0 Å². The van der Waals surface area contributed by atoms with E-state index in [2.05, 4.69) is 92.7 Å². The summed E-state index contributed by atoms with van der Waals surface area (Å²) in [5, 5.41) is 4.01. The first-order chi connectivity index (χ1) is 15.2. The molecule has 32 heavy (non-hydrogen) atoms. The van der Waals surface area contributed by atoms with E-state index in [9.17, 15) is 0 Å². The van der Waals surface area contributed by atoms with Gasteiger partial charge in [-0.2, -0.15) is 30.3 Å². The molecule has 4 aromatic carbocycles. The first kappa shape index (κ1) is 24.2. The van der Waals surface area contributed by atoms with E-state index in [1.807, 2.05) is 30.3 Å². The van der Waals surface area contributed by atoms with Crippen LogP contribution in [-0.2, 0) is 21.8 Å². The number of hydrogen-bond acceptors (Lipinski definition) is 2. The van der Waals surface area contributed by atoms with Crippen LogP contribution < -0.4 is 15.9 Å². The molecule has 1 aliphatic heterocycles. The van der Waals surface area contributed by atoms with Crippen molar-refractivity contribution in [1.82, 2.24) is 0 Å². The molecule has 0 N–H and O–H groups in total. The number of nitrogens with zero attached hydrogens (tertiary/aromatic N) is 1. The molecule has 164 valence electrons. The zero-order valence-electron chi connectivity index (χ0n) is 18.4. The van der Waals surface area contributed by atoms with E-state index in [4.69, 9.17) is 9.73 Å². The van der Waals surface area contributed by atoms with Crippen LogP contribution in [0.25, 0.3) is 0 Å². The summed E-state index contributed by atoms with van der Waals surface area (Å²) in [6.45, 7) is 5.09. The van der Waals surface area contributed by atoms with Crippen LogP contribution in [-0.4, -0.2) is 18.5 Å². The number of aliphatic imine (C=N–C) groups is 1. The molecule has 0 aromatic heterocycles. The average Bonchev–Trinajstić information content (AvgIpc) is 3.58. The molecule has 2 nitrogen and oxygen atoms in total. The van der Waals surface area contributed by atoms with Crippen molar-refractivity contribution in [2.24, 2.45) is 10.9 Å². The Morgan fingerprint density at radius 3 is 1.94 bits per heavy atom. The summed E-state index contributed by atoms with van der Waals surface area (Å²) in [5.74, 6) is 1.30. The molecular formula is C28H28FeNOP. The molecule has 0 saturated heterocycles. The second kappa shape index (κ2) is 12.0. The van der Waals surface area contributed by atoms with Gasteiger partial charge < -0.3 is 4.74 Å². The molecule has 0 amide bonds. The van der Waals surface area contributed by atoms with Crippen LogP contribution in [0.3, 0.4) is 0 Å². The SMILES string of the molecule is CC(C)[C@@H]1COC(c2ccc[c-]2P(c2ccccc2)c2ccccc2)=N1.[Fe+2].c1cc[cH-]c1. The van der Waals surface area contributed by atoms with Crippen molar-refractivity contribution < 1.29 is 21.8 Å². The quantitative estimate of drug-likeness (QED) is 0.214. The molecule has 1 aliphatic rings. The van der Waals surface area contributed by atoms with Crippen molar-refractivity contribution in [2.45, 2.75) is 19.9 Å². The summed E-state index contributed by atoms with van der Waals surface area (Å²) in [6, 6.07) is 38.3. The largest absolute Gasteiger partial charge is 2.00 e. The van der Waals surface area contributed by atoms with Gasteiger partial charge >= 0.3 is 17.1 Å². The Balaban J connectivity index is 0.000000427. The van der Waals surface area contributed by atoms with Crippen LogP contribution in [0, 0.1) is 5.92 Å². The van der Waals surface area contributed by atoms with Crippen molar-refractivity contribution >= 4 is 29.7 Å². The second-order valence-corrected chi connectivity index (χ2v) is 10.0. The minimum Gasteiger partial charge on any atom is -0.518 e. The number of hydrogen-bond donors (Lipinski definition) is 0. The predicted molar refractivity (Wildman–Crippen MR) is 134 cm³/mol. The minimum absolute atomic E-state index is 0. The van der Waals surface area contributed by atoms with Crippen LogP contribution in [0.2, 0.25) is 0 Å². The first-order valence-corrected chi connectivity index (χ1v) is 12.1. The molecule has 0 spiro atoms. The molecule has 4 heteroatoms. The predicted octanol–water partition coefficient (Wildman–Crippen LogP) is 5.37. The van der Waals surface area contributed by atoms with Crippen molar-refractivity contribution in [3.8, 4) is 0 Å². The molecule has 1 heterocycles. The topological polar surface area (TPSA) is 21.6 Å². The fourth-order valence-corrected chi connectivity index (χ4v) is 6.01. The first-order valence-electron chi connectivity index (χ1n) is 10.8. The Morgan fingerprint density at radius 1 is 0.875 bits per heavy atom. The van der Waals surface area contributed by atoms with Crippen LogP contribution in [0.15, 0.2) is 114 Å². The maximum atomic E-state index is 5.99. The van der Waals surface area contributed by atoms with Gasteiger partial charge in [0, 0.05) is 0 Å². The Labute approximate surface area is 203 Å². The molecule has 0 bridgehead atoms. The Kier molecular flexibility index (Phi) is 9.06. The van der Waals surface area contributed by atoms with E-state index in [-0.39, 0.29) is 23.1 Å². The molecule has 0 saturated carbocycles. The van der Waals surface area contributed by atoms with Crippen LogP contribution >= 0.6 is 7.92 Å². The average molecular weight is 481 g/mol. The minimum atomic E-state index is -0.636. The smallest absolute Gasteiger partial charge is 0.518 e. The van der Waals surface area contributed by atoms with Gasteiger partial charge in [0.2, 0.25) is 0 Å². The summed E-state index contributed by atoms with van der Waals surface area (Å²) in [5.41, 5.74) is 1.15. The summed E-state index contributed by atoms with van der Waals surface area (Å²) in [6.07, 6.45) is 0. The van der Waals surface area contributed by atoms with Gasteiger partial charge in [0.15, 0.2) is 0 Å². The monoisotopic (exact) mass is 481 g/mol. The number of benzene rings is 2. The Hall–Kier alpha value is -2.44. The molecular weight excluding hydrogens is 453 g/mol. The van der Waals surface area contributed by atoms with Gasteiger partial charge in [-0.3, -0.25) is 4.99 Å². The van der Waals surface area contributed by atoms with Crippen LogP contribution in [0.4, 0.5) is 0 Å². The van der Waals surface area contributed by atoms with Gasteiger partial charge in [-0.25, -0.2) is 12.1 Å². The zero-order valence-corrected chi connectivity index (χ0v) is 20.4. The fraction of sp³-hybridized carbons (Fsp3) is 0.179. The van der Waals surface area contributed by atoms with E-state index >= 15 is 0 Å². The van der Waals surface area contributed by atoms with Crippen LogP contribution in [0.1, 0.15) is 19.4 Å². The summed E-state index contributed by atoms with van der Waals surface area (Å²) in [7, 11) is -0.636. The van der Waals surface area contributed by atoms with Gasteiger partial charge in [0.05, 0.1) is 12.6 Å². The molecule has 4 aromatic rings. The maximum Gasteiger partial charge on any atom is 2.00 e. The van der Waals surface area contributed by atoms with Gasteiger partial charge in [-0.15, -0.1) is 6.07 Å². The van der Waals surface area contributed by atoms with E-state index < -0.39 is 7.92 Å². The Morgan fingerprint density at radius 2 is 1.47 bits per heavy atom. The third kappa shape index (κ3) is 5.87. The van der Waals surface area contributed by atoms with E-state index in [0.29, 0.717) is 12.5 Å². The van der Waals surface area contributed by atoms with Crippen LogP contribution in [0.5, 0.6) is 0 Å². The van der Waals surface area contributed by atoms with E-state index in [1.165, 1.54) is 15.9 Å². The van der Waals surface area contributed by atoms with Gasteiger partial charge in [0.1, 0.15) is 5.90 Å². The number of rotatable bonds is 5. The van der Waals surface area contributed by atoms with Crippen molar-refractivity contribution in [3.05, 3.63) is 115 Å². The summed E-state index contributed by atoms with van der Waals surface area (Å²) >= 11 is 0. The molecule has 0 aliphatic carbocycles. The van der Waals surface area contributed by atoms with Crippen molar-refractivity contribution in [2.75, 3.05) is 6.61 Å². The summed E-state index contributed by atoms with van der Waals surface area (Å²) < 4.78 is 5.99. The fourth-order valence-electron chi connectivity index (χ4n) is 3.57. The van der Waals surface area contributed by atoms with Crippen molar-refractivity contribution in [1.29, 1.82) is 0 Å². The molecule has 0 fully saturated rings. The summed E-state index contributed by atoms with van der Waals surface area (Å²) in [4.78, 5) is 4.87. The zero-order chi connectivity index (χ0) is 21.5.